The van der Waals surface area contributed by atoms with Crippen LogP contribution in [0.15, 0.2) is 18.2 Å². The average molecular weight is 245 g/mol. The number of benzene rings is 1. The minimum atomic E-state index is -0.0604. The van der Waals surface area contributed by atoms with Crippen LogP contribution in [0, 0.1) is 5.92 Å². The predicted molar refractivity (Wildman–Crippen MR) is 70.9 cm³/mol. The van der Waals surface area contributed by atoms with Gasteiger partial charge in [-0.3, -0.25) is 9.59 Å². The van der Waals surface area contributed by atoms with Crippen molar-refractivity contribution in [2.24, 2.45) is 5.92 Å². The zero-order chi connectivity index (χ0) is 13.1. The van der Waals surface area contributed by atoms with E-state index in [9.17, 15) is 9.59 Å². The standard InChI is InChI=1S/C15H19NO2/c1-10(2)3-6-14(17)12-5-4-11-7-8-16-15(18)13(11)9-12/h4-5,9-10H,3,6-8H2,1-2H3,(H,16,18). The van der Waals surface area contributed by atoms with Gasteiger partial charge in [-0.2, -0.15) is 0 Å². The molecule has 1 aromatic rings. The molecule has 96 valence electrons. The molecule has 0 aliphatic carbocycles. The number of hydrogen-bond acceptors (Lipinski definition) is 2. The number of hydrogen-bond donors (Lipinski definition) is 1. The Labute approximate surface area is 108 Å². The molecule has 0 radical (unpaired) electrons. The number of carbonyl (C=O) groups excluding carboxylic acids is 2. The van der Waals surface area contributed by atoms with E-state index in [0.29, 0.717) is 30.0 Å². The third-order valence-electron chi connectivity index (χ3n) is 3.31. The first kappa shape index (κ1) is 12.8. The number of ketones is 1. The maximum absolute atomic E-state index is 12.0. The van der Waals surface area contributed by atoms with E-state index in [1.165, 1.54) is 0 Å². The van der Waals surface area contributed by atoms with Crippen LogP contribution in [0.4, 0.5) is 0 Å². The predicted octanol–water partition coefficient (Wildman–Crippen LogP) is 2.59. The molecule has 0 atom stereocenters. The molecule has 2 rings (SSSR count). The Morgan fingerprint density at radius 1 is 1.39 bits per heavy atom. The van der Waals surface area contributed by atoms with Crippen molar-refractivity contribution in [2.75, 3.05) is 6.54 Å². The van der Waals surface area contributed by atoms with Gasteiger partial charge in [-0.05, 0) is 30.4 Å². The number of nitrogens with one attached hydrogen (secondary N) is 1. The van der Waals surface area contributed by atoms with Gasteiger partial charge in [0.1, 0.15) is 0 Å². The van der Waals surface area contributed by atoms with Gasteiger partial charge in [0.2, 0.25) is 0 Å². The van der Waals surface area contributed by atoms with Gasteiger partial charge >= 0.3 is 0 Å². The van der Waals surface area contributed by atoms with E-state index in [1.807, 2.05) is 12.1 Å². The van der Waals surface area contributed by atoms with Gasteiger partial charge in [0.05, 0.1) is 0 Å². The fourth-order valence-corrected chi connectivity index (χ4v) is 2.15. The lowest BCUT2D eigenvalue weighted by atomic mass is 9.94. The van der Waals surface area contributed by atoms with Crippen LogP contribution in [0.1, 0.15) is 53.0 Å². The highest BCUT2D eigenvalue weighted by Gasteiger charge is 2.18. The first-order valence-electron chi connectivity index (χ1n) is 6.52. The summed E-state index contributed by atoms with van der Waals surface area (Å²) in [5.41, 5.74) is 2.36. The largest absolute Gasteiger partial charge is 0.352 e. The van der Waals surface area contributed by atoms with Crippen LogP contribution in [0.5, 0.6) is 0 Å². The average Bonchev–Trinajstić information content (AvgIpc) is 2.36. The molecule has 18 heavy (non-hydrogen) atoms. The van der Waals surface area contributed by atoms with Crippen LogP contribution in [-0.4, -0.2) is 18.2 Å². The van der Waals surface area contributed by atoms with Crippen LogP contribution >= 0.6 is 0 Å². The second-order valence-corrected chi connectivity index (χ2v) is 5.23. The highest BCUT2D eigenvalue weighted by atomic mass is 16.1. The van der Waals surface area contributed by atoms with E-state index < -0.39 is 0 Å². The molecule has 1 amide bonds. The van der Waals surface area contributed by atoms with Crippen LogP contribution in [0.2, 0.25) is 0 Å². The summed E-state index contributed by atoms with van der Waals surface area (Å²) in [4.78, 5) is 23.7. The van der Waals surface area contributed by atoms with E-state index >= 15 is 0 Å². The van der Waals surface area contributed by atoms with Crippen molar-refractivity contribution in [3.63, 3.8) is 0 Å². The Hall–Kier alpha value is -1.64. The quantitative estimate of drug-likeness (QED) is 0.829. The first-order valence-corrected chi connectivity index (χ1v) is 6.52. The summed E-state index contributed by atoms with van der Waals surface area (Å²) in [6.07, 6.45) is 2.29. The monoisotopic (exact) mass is 245 g/mol. The van der Waals surface area contributed by atoms with Gasteiger partial charge in [-0.25, -0.2) is 0 Å². The summed E-state index contributed by atoms with van der Waals surface area (Å²) in [5, 5.41) is 2.80. The third-order valence-corrected chi connectivity index (χ3v) is 3.31. The number of Topliss-reactive ketones (excluding diaryl/α,β-unsaturated/α-hetero) is 1. The van der Waals surface area contributed by atoms with E-state index in [-0.39, 0.29) is 11.7 Å². The van der Waals surface area contributed by atoms with Gasteiger partial charge in [-0.1, -0.05) is 26.0 Å². The van der Waals surface area contributed by atoms with Crippen LogP contribution < -0.4 is 5.32 Å². The Morgan fingerprint density at radius 3 is 2.89 bits per heavy atom. The van der Waals surface area contributed by atoms with Crippen LogP contribution in [-0.2, 0) is 6.42 Å². The normalized spacial score (nSPS) is 14.3. The first-order chi connectivity index (χ1) is 8.58. The molecule has 0 saturated carbocycles. The zero-order valence-corrected chi connectivity index (χ0v) is 11.0. The number of carbonyl (C=O) groups is 2. The maximum Gasteiger partial charge on any atom is 0.251 e. The van der Waals surface area contributed by atoms with Gasteiger partial charge in [0, 0.05) is 24.1 Å². The Morgan fingerprint density at radius 2 is 2.17 bits per heavy atom. The molecule has 0 bridgehead atoms. The lowest BCUT2D eigenvalue weighted by Gasteiger charge is -2.17. The summed E-state index contributed by atoms with van der Waals surface area (Å²) in [6, 6.07) is 5.50. The Balaban J connectivity index is 2.17. The highest BCUT2D eigenvalue weighted by Crippen LogP contribution is 2.18. The summed E-state index contributed by atoms with van der Waals surface area (Å²) in [6.45, 7) is 4.90. The van der Waals surface area contributed by atoms with Gasteiger partial charge in [0.25, 0.3) is 5.91 Å². The topological polar surface area (TPSA) is 46.2 Å². The number of fused-ring (bicyclic) bond motifs is 1. The molecule has 1 N–H and O–H groups in total. The summed E-state index contributed by atoms with van der Waals surface area (Å²) < 4.78 is 0. The van der Waals surface area contributed by atoms with E-state index in [0.717, 1.165) is 18.4 Å². The summed E-state index contributed by atoms with van der Waals surface area (Å²) in [7, 11) is 0. The number of rotatable bonds is 4. The molecule has 1 heterocycles. The maximum atomic E-state index is 12.0. The molecule has 0 aromatic heterocycles. The molecule has 3 heteroatoms. The van der Waals surface area contributed by atoms with Gasteiger partial charge in [0.15, 0.2) is 5.78 Å². The van der Waals surface area contributed by atoms with E-state index in [2.05, 4.69) is 19.2 Å². The van der Waals surface area contributed by atoms with Crippen LogP contribution in [0.3, 0.4) is 0 Å². The molecule has 3 nitrogen and oxygen atoms in total. The lowest BCUT2D eigenvalue weighted by Crippen LogP contribution is -2.32. The lowest BCUT2D eigenvalue weighted by molar-refractivity contribution is 0.0946. The van der Waals surface area contributed by atoms with Gasteiger partial charge < -0.3 is 5.32 Å². The SMILES string of the molecule is CC(C)CCC(=O)c1ccc2c(c1)C(=O)NCC2. The Kier molecular flexibility index (Phi) is 3.80. The minimum Gasteiger partial charge on any atom is -0.352 e. The minimum absolute atomic E-state index is 0.0604. The smallest absolute Gasteiger partial charge is 0.251 e. The van der Waals surface area contributed by atoms with Crippen molar-refractivity contribution in [1.29, 1.82) is 0 Å². The van der Waals surface area contributed by atoms with Crippen molar-refractivity contribution in [1.82, 2.24) is 5.32 Å². The van der Waals surface area contributed by atoms with Crippen molar-refractivity contribution < 1.29 is 9.59 Å². The molecule has 1 aliphatic rings. The second kappa shape index (κ2) is 5.34. The Bertz CT molecular complexity index is 477. The molecule has 0 unspecified atom stereocenters. The highest BCUT2D eigenvalue weighted by molar-refractivity contribution is 6.02. The molecule has 1 aliphatic heterocycles. The summed E-state index contributed by atoms with van der Waals surface area (Å²) >= 11 is 0. The van der Waals surface area contributed by atoms with Crippen molar-refractivity contribution >= 4 is 11.7 Å². The van der Waals surface area contributed by atoms with Crippen molar-refractivity contribution in [2.45, 2.75) is 33.1 Å². The zero-order valence-electron chi connectivity index (χ0n) is 11.0. The molecular weight excluding hydrogens is 226 g/mol. The molecule has 0 spiro atoms. The fourth-order valence-electron chi connectivity index (χ4n) is 2.15. The second-order valence-electron chi connectivity index (χ2n) is 5.23. The van der Waals surface area contributed by atoms with Gasteiger partial charge in [-0.15, -0.1) is 0 Å². The molecular formula is C15H19NO2. The number of amides is 1. The van der Waals surface area contributed by atoms with Crippen molar-refractivity contribution in [3.05, 3.63) is 34.9 Å². The van der Waals surface area contributed by atoms with E-state index in [4.69, 9.17) is 0 Å². The molecule has 0 saturated heterocycles. The molecule has 0 fully saturated rings. The van der Waals surface area contributed by atoms with Crippen LogP contribution in [0.25, 0.3) is 0 Å². The van der Waals surface area contributed by atoms with E-state index in [1.54, 1.807) is 6.07 Å². The van der Waals surface area contributed by atoms with Crippen molar-refractivity contribution in [3.8, 4) is 0 Å². The third kappa shape index (κ3) is 2.78. The molecule has 1 aromatic carbocycles. The summed E-state index contributed by atoms with van der Waals surface area (Å²) in [5.74, 6) is 0.592. The fraction of sp³-hybridized carbons (Fsp3) is 0.467.